The number of benzene rings is 1. The monoisotopic (exact) mass is 380 g/mol. The predicted molar refractivity (Wildman–Crippen MR) is 113 cm³/mol. The molecule has 1 aliphatic heterocycles. The van der Waals surface area contributed by atoms with Crippen LogP contribution < -0.4 is 0 Å². The van der Waals surface area contributed by atoms with Crippen LogP contribution in [-0.2, 0) is 16.6 Å². The molecule has 1 aliphatic carbocycles. The number of nitrogens with zero attached hydrogens (tertiary/aromatic N) is 2. The van der Waals surface area contributed by atoms with Crippen molar-refractivity contribution in [2.75, 3.05) is 13.2 Å². The van der Waals surface area contributed by atoms with Gasteiger partial charge in [0, 0.05) is 47.9 Å². The van der Waals surface area contributed by atoms with Crippen molar-refractivity contribution in [2.45, 2.75) is 65.0 Å². The summed E-state index contributed by atoms with van der Waals surface area (Å²) in [5.41, 5.74) is 6.30. The highest BCUT2D eigenvalue weighted by molar-refractivity contribution is 5.99. The first-order chi connectivity index (χ1) is 13.5. The normalized spacial score (nSPS) is 20.0. The van der Waals surface area contributed by atoms with E-state index in [0.29, 0.717) is 6.61 Å². The minimum Gasteiger partial charge on any atom is -0.379 e. The molecule has 1 unspecified atom stereocenters. The highest BCUT2D eigenvalue weighted by Crippen LogP contribution is 2.47. The second kappa shape index (κ2) is 7.75. The maximum atomic E-state index is 13.3. The number of carbonyl (C=O) groups excluding carboxylic acids is 1. The molecular formula is C24H32N2O2. The molecule has 4 heteroatoms. The summed E-state index contributed by atoms with van der Waals surface area (Å²) < 4.78 is 8.01. The Morgan fingerprint density at radius 1 is 1.18 bits per heavy atom. The lowest BCUT2D eigenvalue weighted by Crippen LogP contribution is -2.32. The highest BCUT2D eigenvalue weighted by atomic mass is 16.5. The molecule has 2 heterocycles. The smallest absolute Gasteiger partial charge is 0.250 e. The first-order valence-electron chi connectivity index (χ1n) is 10.7. The minimum atomic E-state index is 0.0907. The van der Waals surface area contributed by atoms with Crippen LogP contribution in [0, 0.1) is 6.92 Å². The van der Waals surface area contributed by atoms with E-state index in [2.05, 4.69) is 61.6 Å². The maximum absolute atomic E-state index is 13.3. The Hall–Kier alpha value is -2.07. The van der Waals surface area contributed by atoms with Gasteiger partial charge in [0.1, 0.15) is 0 Å². The predicted octanol–water partition coefficient (Wildman–Crippen LogP) is 5.06. The van der Waals surface area contributed by atoms with Gasteiger partial charge in [0.25, 0.3) is 5.91 Å². The number of aryl methyl sites for hydroxylation is 1. The zero-order valence-electron chi connectivity index (χ0n) is 17.6. The van der Waals surface area contributed by atoms with Crippen LogP contribution >= 0.6 is 0 Å². The number of hydrogen-bond acceptors (Lipinski definition) is 2. The molecule has 0 saturated heterocycles. The summed E-state index contributed by atoms with van der Waals surface area (Å²) in [4.78, 5) is 15.5. The zero-order chi connectivity index (χ0) is 19.8. The third-order valence-electron chi connectivity index (χ3n) is 6.39. The van der Waals surface area contributed by atoms with Crippen LogP contribution in [0.3, 0.4) is 0 Å². The largest absolute Gasteiger partial charge is 0.379 e. The maximum Gasteiger partial charge on any atom is 0.250 e. The van der Waals surface area contributed by atoms with Crippen LogP contribution in [0.25, 0.3) is 10.9 Å². The number of hydrogen-bond donors (Lipinski definition) is 0. The summed E-state index contributed by atoms with van der Waals surface area (Å²) in [5, 5.41) is 1.28. The Balaban J connectivity index is 1.74. The van der Waals surface area contributed by atoms with Crippen molar-refractivity contribution in [3.63, 3.8) is 0 Å². The lowest BCUT2D eigenvalue weighted by atomic mass is 9.87. The molecule has 0 saturated carbocycles. The van der Waals surface area contributed by atoms with E-state index < -0.39 is 0 Å². The summed E-state index contributed by atoms with van der Waals surface area (Å²) in [6, 6.07) is 8.69. The van der Waals surface area contributed by atoms with Crippen LogP contribution in [0.2, 0.25) is 0 Å². The standard InChI is InChI=1S/C24H32N2O2/c1-16(2)28-15-9-14-26-23(18-10-5-6-11-19(18)24(26)27)22-17(3)25(4)21-13-8-7-12-20(21)22/h7-8,12-13,16,23H,5-6,9-11,14-15H2,1-4H3. The van der Waals surface area contributed by atoms with Gasteiger partial charge in [-0.1, -0.05) is 18.2 Å². The van der Waals surface area contributed by atoms with Crippen molar-refractivity contribution in [2.24, 2.45) is 7.05 Å². The molecule has 1 aromatic carbocycles. The third kappa shape index (κ3) is 3.18. The zero-order valence-corrected chi connectivity index (χ0v) is 17.6. The van der Waals surface area contributed by atoms with Gasteiger partial charge in [0.2, 0.25) is 0 Å². The number of amides is 1. The molecule has 4 nitrogen and oxygen atoms in total. The van der Waals surface area contributed by atoms with E-state index in [1.165, 1.54) is 34.2 Å². The second-order valence-electron chi connectivity index (χ2n) is 8.46. The number of para-hydroxylation sites is 1. The molecule has 2 aliphatic rings. The second-order valence-corrected chi connectivity index (χ2v) is 8.46. The van der Waals surface area contributed by atoms with Crippen LogP contribution in [-0.4, -0.2) is 34.6 Å². The average molecular weight is 381 g/mol. The van der Waals surface area contributed by atoms with Crippen molar-refractivity contribution in [3.8, 4) is 0 Å². The molecule has 4 rings (SSSR count). The number of ether oxygens (including phenoxy) is 1. The summed E-state index contributed by atoms with van der Waals surface area (Å²) in [6.07, 6.45) is 5.43. The van der Waals surface area contributed by atoms with Gasteiger partial charge >= 0.3 is 0 Å². The van der Waals surface area contributed by atoms with E-state index in [9.17, 15) is 4.79 Å². The van der Waals surface area contributed by atoms with E-state index in [0.717, 1.165) is 37.8 Å². The van der Waals surface area contributed by atoms with E-state index in [4.69, 9.17) is 4.74 Å². The van der Waals surface area contributed by atoms with E-state index in [1.807, 2.05) is 0 Å². The van der Waals surface area contributed by atoms with Crippen LogP contribution in [0.15, 0.2) is 35.4 Å². The molecule has 1 aromatic heterocycles. The van der Waals surface area contributed by atoms with Gasteiger partial charge < -0.3 is 14.2 Å². The third-order valence-corrected chi connectivity index (χ3v) is 6.39. The van der Waals surface area contributed by atoms with Gasteiger partial charge in [-0.05, 0) is 64.5 Å². The fourth-order valence-corrected chi connectivity index (χ4v) is 4.96. The molecule has 1 amide bonds. The van der Waals surface area contributed by atoms with Gasteiger partial charge in [0.15, 0.2) is 0 Å². The molecule has 28 heavy (non-hydrogen) atoms. The van der Waals surface area contributed by atoms with Crippen molar-refractivity contribution in [1.82, 2.24) is 9.47 Å². The number of aromatic nitrogens is 1. The van der Waals surface area contributed by atoms with Crippen molar-refractivity contribution < 1.29 is 9.53 Å². The summed E-state index contributed by atoms with van der Waals surface area (Å²) in [6.45, 7) is 7.77. The molecule has 2 aromatic rings. The molecule has 0 N–H and O–H groups in total. The van der Waals surface area contributed by atoms with Crippen LogP contribution in [0.1, 0.15) is 63.3 Å². The van der Waals surface area contributed by atoms with Crippen molar-refractivity contribution in [3.05, 3.63) is 46.7 Å². The fraction of sp³-hybridized carbons (Fsp3) is 0.542. The first-order valence-corrected chi connectivity index (χ1v) is 10.7. The summed E-state index contributed by atoms with van der Waals surface area (Å²) in [5.74, 6) is 0.261. The molecule has 0 radical (unpaired) electrons. The number of carbonyl (C=O) groups is 1. The average Bonchev–Trinajstić information content (AvgIpc) is 3.11. The lowest BCUT2D eigenvalue weighted by molar-refractivity contribution is -0.127. The van der Waals surface area contributed by atoms with Gasteiger partial charge in [-0.25, -0.2) is 0 Å². The Kier molecular flexibility index (Phi) is 5.33. The Bertz CT molecular complexity index is 922. The van der Waals surface area contributed by atoms with Crippen LogP contribution in [0.5, 0.6) is 0 Å². The van der Waals surface area contributed by atoms with E-state index in [-0.39, 0.29) is 18.1 Å². The lowest BCUT2D eigenvalue weighted by Gasteiger charge is -2.28. The van der Waals surface area contributed by atoms with Crippen LogP contribution in [0.4, 0.5) is 0 Å². The molecule has 0 bridgehead atoms. The Morgan fingerprint density at radius 2 is 1.93 bits per heavy atom. The van der Waals surface area contributed by atoms with Gasteiger partial charge in [-0.2, -0.15) is 0 Å². The molecular weight excluding hydrogens is 348 g/mol. The number of rotatable bonds is 6. The molecule has 0 fully saturated rings. The van der Waals surface area contributed by atoms with Crippen molar-refractivity contribution in [1.29, 1.82) is 0 Å². The van der Waals surface area contributed by atoms with Gasteiger partial charge in [0.05, 0.1) is 12.1 Å². The highest BCUT2D eigenvalue weighted by Gasteiger charge is 2.41. The quantitative estimate of drug-likeness (QED) is 0.657. The topological polar surface area (TPSA) is 34.5 Å². The SMILES string of the molecule is Cc1c(C2C3=C(CCCC3)C(=O)N2CCCOC(C)C)c2ccccc2n1C. The summed E-state index contributed by atoms with van der Waals surface area (Å²) >= 11 is 0. The van der Waals surface area contributed by atoms with Gasteiger partial charge in [-0.3, -0.25) is 4.79 Å². The molecule has 1 atom stereocenters. The van der Waals surface area contributed by atoms with E-state index >= 15 is 0 Å². The molecule has 0 spiro atoms. The minimum absolute atomic E-state index is 0.0907. The summed E-state index contributed by atoms with van der Waals surface area (Å²) in [7, 11) is 2.13. The molecule has 150 valence electrons. The fourth-order valence-electron chi connectivity index (χ4n) is 4.96. The van der Waals surface area contributed by atoms with E-state index in [1.54, 1.807) is 0 Å². The number of fused-ring (bicyclic) bond motifs is 1. The Morgan fingerprint density at radius 3 is 2.71 bits per heavy atom. The Labute approximate surface area is 168 Å². The van der Waals surface area contributed by atoms with Gasteiger partial charge in [-0.15, -0.1) is 0 Å². The first kappa shape index (κ1) is 19.3. The van der Waals surface area contributed by atoms with Crippen molar-refractivity contribution >= 4 is 16.8 Å².